The number of halogens is 1. The van der Waals surface area contributed by atoms with Crippen molar-refractivity contribution in [3.05, 3.63) is 45.1 Å². The summed E-state index contributed by atoms with van der Waals surface area (Å²) < 4.78 is 6.42. The lowest BCUT2D eigenvalue weighted by Gasteiger charge is -2.12. The molecule has 1 heterocycles. The Kier molecular flexibility index (Phi) is 4.37. The molecule has 0 amide bonds. The standard InChI is InChI=1S/C16H17ClN2O3/c1-8-6-12(14(17)10(3)9(8)2)15(21)13-7-18-19(5)16(13)22-11(4)20/h6-7H,1-5H3. The molecule has 6 heteroatoms. The third-order valence-electron chi connectivity index (χ3n) is 3.69. The second-order valence-corrected chi connectivity index (χ2v) is 5.59. The van der Waals surface area contributed by atoms with Crippen LogP contribution in [0.1, 0.15) is 39.5 Å². The van der Waals surface area contributed by atoms with E-state index in [0.717, 1.165) is 16.7 Å². The molecule has 0 saturated heterocycles. The van der Waals surface area contributed by atoms with Gasteiger partial charge in [-0.1, -0.05) is 11.6 Å². The first-order chi connectivity index (χ1) is 10.2. The Bertz CT molecular complexity index is 778. The van der Waals surface area contributed by atoms with E-state index in [2.05, 4.69) is 5.10 Å². The Balaban J connectivity index is 2.57. The number of hydrogen-bond donors (Lipinski definition) is 0. The molecule has 0 N–H and O–H groups in total. The van der Waals surface area contributed by atoms with Crippen LogP contribution in [0.2, 0.25) is 5.02 Å². The molecule has 5 nitrogen and oxygen atoms in total. The van der Waals surface area contributed by atoms with Crippen LogP contribution >= 0.6 is 11.6 Å². The van der Waals surface area contributed by atoms with E-state index in [-0.39, 0.29) is 17.2 Å². The lowest BCUT2D eigenvalue weighted by atomic mass is 9.96. The quantitative estimate of drug-likeness (QED) is 0.644. The lowest BCUT2D eigenvalue weighted by molar-refractivity contribution is -0.132. The zero-order chi connectivity index (χ0) is 16.6. The maximum atomic E-state index is 12.8. The molecule has 0 fully saturated rings. The molecule has 0 unspecified atom stereocenters. The van der Waals surface area contributed by atoms with Gasteiger partial charge in [-0.3, -0.25) is 9.59 Å². The predicted molar refractivity (Wildman–Crippen MR) is 83.6 cm³/mol. The minimum Gasteiger partial charge on any atom is -0.407 e. The van der Waals surface area contributed by atoms with Gasteiger partial charge in [0.15, 0.2) is 0 Å². The third-order valence-corrected chi connectivity index (χ3v) is 4.18. The second-order valence-electron chi connectivity index (χ2n) is 5.21. The van der Waals surface area contributed by atoms with Gasteiger partial charge in [0, 0.05) is 19.5 Å². The van der Waals surface area contributed by atoms with Crippen LogP contribution in [0.25, 0.3) is 0 Å². The minimum absolute atomic E-state index is 0.115. The van der Waals surface area contributed by atoms with E-state index in [1.165, 1.54) is 17.8 Å². The van der Waals surface area contributed by atoms with Gasteiger partial charge in [0.2, 0.25) is 11.7 Å². The molecular weight excluding hydrogens is 304 g/mol. The van der Waals surface area contributed by atoms with E-state index < -0.39 is 5.97 Å². The Morgan fingerprint density at radius 2 is 1.82 bits per heavy atom. The van der Waals surface area contributed by atoms with E-state index in [1.54, 1.807) is 13.1 Å². The summed E-state index contributed by atoms with van der Waals surface area (Å²) in [5.41, 5.74) is 3.48. The summed E-state index contributed by atoms with van der Waals surface area (Å²) >= 11 is 6.32. The highest BCUT2D eigenvalue weighted by Crippen LogP contribution is 2.30. The molecular formula is C16H17ClN2O3. The molecule has 22 heavy (non-hydrogen) atoms. The van der Waals surface area contributed by atoms with Crippen LogP contribution in [0.3, 0.4) is 0 Å². The first kappa shape index (κ1) is 16.2. The van der Waals surface area contributed by atoms with Crippen molar-refractivity contribution in [2.45, 2.75) is 27.7 Å². The van der Waals surface area contributed by atoms with Gasteiger partial charge in [0.1, 0.15) is 5.56 Å². The fourth-order valence-corrected chi connectivity index (χ4v) is 2.48. The second kappa shape index (κ2) is 5.93. The fourth-order valence-electron chi connectivity index (χ4n) is 2.20. The van der Waals surface area contributed by atoms with Crippen LogP contribution in [-0.4, -0.2) is 21.5 Å². The zero-order valence-electron chi connectivity index (χ0n) is 13.2. The number of ether oxygens (including phenoxy) is 1. The van der Waals surface area contributed by atoms with E-state index in [9.17, 15) is 9.59 Å². The Morgan fingerprint density at radius 1 is 1.18 bits per heavy atom. The smallest absolute Gasteiger partial charge is 0.309 e. The van der Waals surface area contributed by atoms with Gasteiger partial charge in [-0.05, 0) is 43.5 Å². The number of rotatable bonds is 3. The topological polar surface area (TPSA) is 61.2 Å². The van der Waals surface area contributed by atoms with Crippen LogP contribution in [0.15, 0.2) is 12.3 Å². The molecule has 0 bridgehead atoms. The molecule has 0 aliphatic heterocycles. The minimum atomic E-state index is -0.514. The number of aromatic nitrogens is 2. The van der Waals surface area contributed by atoms with E-state index >= 15 is 0 Å². The molecule has 1 aromatic carbocycles. The van der Waals surface area contributed by atoms with Gasteiger partial charge < -0.3 is 4.74 Å². The molecule has 1 aromatic heterocycles. The summed E-state index contributed by atoms with van der Waals surface area (Å²) in [5, 5.41) is 4.39. The summed E-state index contributed by atoms with van der Waals surface area (Å²) in [5.74, 6) is -0.718. The number of esters is 1. The van der Waals surface area contributed by atoms with Crippen molar-refractivity contribution >= 4 is 23.4 Å². The fraction of sp³-hybridized carbons (Fsp3) is 0.312. The monoisotopic (exact) mass is 320 g/mol. The first-order valence-electron chi connectivity index (χ1n) is 6.75. The Morgan fingerprint density at radius 3 is 2.41 bits per heavy atom. The number of aryl methyl sites for hydroxylation is 2. The maximum absolute atomic E-state index is 12.8. The van der Waals surface area contributed by atoms with Gasteiger partial charge in [0.05, 0.1) is 11.2 Å². The molecule has 0 spiro atoms. The van der Waals surface area contributed by atoms with Crippen LogP contribution in [0.5, 0.6) is 5.88 Å². The molecule has 2 aromatic rings. The molecule has 2 rings (SSSR count). The average Bonchev–Trinajstić information content (AvgIpc) is 2.80. The van der Waals surface area contributed by atoms with Crippen molar-refractivity contribution in [1.82, 2.24) is 9.78 Å². The summed E-state index contributed by atoms with van der Waals surface area (Å²) in [4.78, 5) is 24.0. The van der Waals surface area contributed by atoms with Gasteiger partial charge in [0.25, 0.3) is 0 Å². The van der Waals surface area contributed by atoms with Crippen molar-refractivity contribution in [3.63, 3.8) is 0 Å². The predicted octanol–water partition coefficient (Wildman–Crippen LogP) is 3.16. The summed E-state index contributed by atoms with van der Waals surface area (Å²) in [6, 6.07) is 1.75. The van der Waals surface area contributed by atoms with Crippen molar-refractivity contribution < 1.29 is 14.3 Å². The number of carbonyl (C=O) groups excluding carboxylic acids is 2. The average molecular weight is 321 g/mol. The van der Waals surface area contributed by atoms with Crippen LogP contribution < -0.4 is 4.74 Å². The van der Waals surface area contributed by atoms with Gasteiger partial charge >= 0.3 is 5.97 Å². The molecule has 0 aliphatic rings. The summed E-state index contributed by atoms with van der Waals surface area (Å²) in [7, 11) is 1.60. The van der Waals surface area contributed by atoms with Crippen LogP contribution in [0, 0.1) is 20.8 Å². The highest BCUT2D eigenvalue weighted by atomic mass is 35.5. The Labute approximate surface area is 133 Å². The van der Waals surface area contributed by atoms with Crippen molar-refractivity contribution in [2.24, 2.45) is 7.05 Å². The normalized spacial score (nSPS) is 10.6. The number of hydrogen-bond acceptors (Lipinski definition) is 4. The third kappa shape index (κ3) is 2.76. The van der Waals surface area contributed by atoms with Crippen LogP contribution in [0.4, 0.5) is 0 Å². The Hall–Kier alpha value is -2.14. The van der Waals surface area contributed by atoms with Gasteiger partial charge in [-0.25, -0.2) is 4.68 Å². The largest absolute Gasteiger partial charge is 0.407 e. The number of carbonyl (C=O) groups is 2. The first-order valence-corrected chi connectivity index (χ1v) is 7.13. The molecule has 0 radical (unpaired) electrons. The summed E-state index contributed by atoms with van der Waals surface area (Å²) in [6.45, 7) is 7.02. The molecule has 116 valence electrons. The molecule has 0 atom stereocenters. The van der Waals surface area contributed by atoms with Gasteiger partial charge in [-0.2, -0.15) is 5.10 Å². The highest BCUT2D eigenvalue weighted by molar-refractivity contribution is 6.36. The molecule has 0 aliphatic carbocycles. The van der Waals surface area contributed by atoms with E-state index in [0.29, 0.717) is 10.6 Å². The lowest BCUT2D eigenvalue weighted by Crippen LogP contribution is -2.11. The number of nitrogens with zero attached hydrogens (tertiary/aromatic N) is 2. The number of benzene rings is 1. The number of ketones is 1. The van der Waals surface area contributed by atoms with Crippen LogP contribution in [-0.2, 0) is 11.8 Å². The highest BCUT2D eigenvalue weighted by Gasteiger charge is 2.23. The molecule has 0 saturated carbocycles. The van der Waals surface area contributed by atoms with Crippen molar-refractivity contribution in [2.75, 3.05) is 0 Å². The van der Waals surface area contributed by atoms with Gasteiger partial charge in [-0.15, -0.1) is 0 Å². The van der Waals surface area contributed by atoms with Crippen molar-refractivity contribution in [3.8, 4) is 5.88 Å². The van der Waals surface area contributed by atoms with E-state index in [4.69, 9.17) is 16.3 Å². The maximum Gasteiger partial charge on any atom is 0.309 e. The zero-order valence-corrected chi connectivity index (χ0v) is 13.9. The van der Waals surface area contributed by atoms with E-state index in [1.807, 2.05) is 20.8 Å². The SMILES string of the molecule is CC(=O)Oc1c(C(=O)c2cc(C)c(C)c(C)c2Cl)cnn1C. The summed E-state index contributed by atoms with van der Waals surface area (Å²) in [6.07, 6.45) is 1.38. The van der Waals surface area contributed by atoms with Crippen molar-refractivity contribution in [1.29, 1.82) is 0 Å².